The maximum absolute atomic E-state index is 12.0. The molecule has 0 atom stereocenters. The summed E-state index contributed by atoms with van der Waals surface area (Å²) in [4.78, 5) is 26.0. The van der Waals surface area contributed by atoms with Gasteiger partial charge in [-0.2, -0.15) is 0 Å². The van der Waals surface area contributed by atoms with E-state index in [1.807, 2.05) is 30.3 Å². The van der Waals surface area contributed by atoms with E-state index in [0.29, 0.717) is 0 Å². The molecule has 0 bridgehead atoms. The lowest BCUT2D eigenvalue weighted by atomic mass is 10.2. The van der Waals surface area contributed by atoms with Crippen LogP contribution in [0.5, 0.6) is 0 Å². The second kappa shape index (κ2) is 5.79. The number of carbonyl (C=O) groups excluding carboxylic acids is 1. The molecule has 2 aromatic rings. The summed E-state index contributed by atoms with van der Waals surface area (Å²) in [6.07, 6.45) is 2.28. The molecule has 1 aromatic heterocycles. The molecule has 0 saturated heterocycles. The van der Waals surface area contributed by atoms with Crippen LogP contribution >= 0.6 is 0 Å². The zero-order valence-corrected chi connectivity index (χ0v) is 10.4. The van der Waals surface area contributed by atoms with E-state index in [2.05, 4.69) is 10.3 Å². The average molecular weight is 272 g/mol. The number of rotatable bonds is 4. The predicted molar refractivity (Wildman–Crippen MR) is 72.9 cm³/mol. The molecule has 7 heteroatoms. The molecule has 0 aliphatic rings. The molecule has 0 radical (unpaired) electrons. The molecule has 20 heavy (non-hydrogen) atoms. The van der Waals surface area contributed by atoms with Gasteiger partial charge in [0.1, 0.15) is 11.3 Å². The maximum atomic E-state index is 12.0. The van der Waals surface area contributed by atoms with E-state index < -0.39 is 16.5 Å². The minimum Gasteiger partial charge on any atom is -0.392 e. The number of benzene rings is 1. The van der Waals surface area contributed by atoms with E-state index in [-0.39, 0.29) is 17.8 Å². The molecule has 1 heterocycles. The van der Waals surface area contributed by atoms with Crippen LogP contribution < -0.4 is 11.1 Å². The molecule has 3 N–H and O–H groups in total. The van der Waals surface area contributed by atoms with E-state index in [4.69, 9.17) is 5.73 Å². The van der Waals surface area contributed by atoms with Crippen LogP contribution in [-0.2, 0) is 6.54 Å². The van der Waals surface area contributed by atoms with Crippen LogP contribution in [0.2, 0.25) is 0 Å². The first-order chi connectivity index (χ1) is 9.59. The fraction of sp³-hybridized carbons (Fsp3) is 0.0769. The van der Waals surface area contributed by atoms with E-state index in [9.17, 15) is 14.9 Å². The number of nitrogen functional groups attached to an aromatic ring is 1. The normalized spacial score (nSPS) is 10.0. The highest BCUT2D eigenvalue weighted by Crippen LogP contribution is 2.24. The zero-order chi connectivity index (χ0) is 14.5. The number of amides is 1. The number of nitrogens with zero attached hydrogens (tertiary/aromatic N) is 2. The Hall–Kier alpha value is -2.96. The lowest BCUT2D eigenvalue weighted by Crippen LogP contribution is -2.24. The third kappa shape index (κ3) is 2.89. The van der Waals surface area contributed by atoms with Crippen molar-refractivity contribution in [1.29, 1.82) is 0 Å². The molecule has 102 valence electrons. The van der Waals surface area contributed by atoms with Crippen molar-refractivity contribution in [2.24, 2.45) is 0 Å². The third-order valence-corrected chi connectivity index (χ3v) is 2.67. The largest absolute Gasteiger partial charge is 0.392 e. The number of nitrogens with two attached hydrogens (primary N) is 1. The van der Waals surface area contributed by atoms with Gasteiger partial charge in [-0.25, -0.2) is 0 Å². The van der Waals surface area contributed by atoms with Gasteiger partial charge < -0.3 is 11.1 Å². The molecular formula is C13H12N4O3. The number of aromatic nitrogens is 1. The van der Waals surface area contributed by atoms with Crippen LogP contribution in [0.1, 0.15) is 15.9 Å². The van der Waals surface area contributed by atoms with Crippen LogP contribution in [0.25, 0.3) is 0 Å². The Morgan fingerprint density at radius 3 is 2.65 bits per heavy atom. The summed E-state index contributed by atoms with van der Waals surface area (Å²) >= 11 is 0. The smallest absolute Gasteiger partial charge is 0.307 e. The van der Waals surface area contributed by atoms with Crippen molar-refractivity contribution >= 4 is 17.3 Å². The first kappa shape index (κ1) is 13.5. The Labute approximate surface area is 114 Å². The molecule has 0 saturated carbocycles. The summed E-state index contributed by atoms with van der Waals surface area (Å²) in [5.74, 6) is -0.583. The van der Waals surface area contributed by atoms with E-state index in [1.54, 1.807) is 0 Å². The Morgan fingerprint density at radius 1 is 1.30 bits per heavy atom. The fourth-order valence-electron chi connectivity index (χ4n) is 1.71. The van der Waals surface area contributed by atoms with Gasteiger partial charge in [0.2, 0.25) is 0 Å². The molecule has 0 aliphatic heterocycles. The standard InChI is InChI=1S/C13H12N4O3/c14-11-8-15-7-10(12(11)17(19)20)13(18)16-6-9-4-2-1-3-5-9/h1-5,7-8H,6,14H2,(H,16,18). The van der Waals surface area contributed by atoms with Gasteiger partial charge in [0.05, 0.1) is 11.1 Å². The maximum Gasteiger partial charge on any atom is 0.307 e. The number of carbonyl (C=O) groups is 1. The van der Waals surface area contributed by atoms with E-state index in [1.165, 1.54) is 0 Å². The highest BCUT2D eigenvalue weighted by molar-refractivity contribution is 5.99. The van der Waals surface area contributed by atoms with E-state index in [0.717, 1.165) is 18.0 Å². The molecule has 7 nitrogen and oxygen atoms in total. The van der Waals surface area contributed by atoms with Gasteiger partial charge >= 0.3 is 5.69 Å². The summed E-state index contributed by atoms with van der Waals surface area (Å²) in [6.45, 7) is 0.269. The van der Waals surface area contributed by atoms with Gasteiger partial charge in [0.25, 0.3) is 5.91 Å². The summed E-state index contributed by atoms with van der Waals surface area (Å²) in [7, 11) is 0. The molecule has 2 rings (SSSR count). The number of hydrogen-bond acceptors (Lipinski definition) is 5. The van der Waals surface area contributed by atoms with Crippen LogP contribution in [0.4, 0.5) is 11.4 Å². The monoisotopic (exact) mass is 272 g/mol. The first-order valence-corrected chi connectivity index (χ1v) is 5.79. The number of nitrogens with one attached hydrogen (secondary N) is 1. The lowest BCUT2D eigenvalue weighted by Gasteiger charge is -2.06. The first-order valence-electron chi connectivity index (χ1n) is 5.79. The summed E-state index contributed by atoms with van der Waals surface area (Å²) in [6, 6.07) is 9.22. The van der Waals surface area contributed by atoms with Crippen LogP contribution in [0, 0.1) is 10.1 Å². The summed E-state index contributed by atoms with van der Waals surface area (Å²) in [5.41, 5.74) is 5.66. The Morgan fingerprint density at radius 2 is 2.00 bits per heavy atom. The minimum absolute atomic E-state index is 0.137. The Kier molecular flexibility index (Phi) is 3.90. The molecule has 1 aromatic carbocycles. The predicted octanol–water partition coefficient (Wildman–Crippen LogP) is 1.50. The highest BCUT2D eigenvalue weighted by Gasteiger charge is 2.23. The van der Waals surface area contributed by atoms with Crippen LogP contribution in [0.3, 0.4) is 0 Å². The third-order valence-electron chi connectivity index (χ3n) is 2.67. The van der Waals surface area contributed by atoms with Crippen molar-refractivity contribution in [3.63, 3.8) is 0 Å². The highest BCUT2D eigenvalue weighted by atomic mass is 16.6. The molecular weight excluding hydrogens is 260 g/mol. The minimum atomic E-state index is -0.686. The fourth-order valence-corrected chi connectivity index (χ4v) is 1.71. The van der Waals surface area contributed by atoms with Crippen LogP contribution in [-0.4, -0.2) is 15.8 Å². The lowest BCUT2D eigenvalue weighted by molar-refractivity contribution is -0.384. The van der Waals surface area contributed by atoms with Gasteiger partial charge in [0.15, 0.2) is 0 Å². The second-order valence-corrected chi connectivity index (χ2v) is 4.05. The molecule has 0 spiro atoms. The zero-order valence-electron chi connectivity index (χ0n) is 10.4. The summed E-state index contributed by atoms with van der Waals surface area (Å²) in [5, 5.41) is 13.5. The molecule has 0 unspecified atom stereocenters. The molecule has 0 fully saturated rings. The van der Waals surface area contributed by atoms with Gasteiger partial charge in [-0.05, 0) is 5.56 Å². The Balaban J connectivity index is 2.18. The van der Waals surface area contributed by atoms with Gasteiger partial charge in [0, 0.05) is 12.7 Å². The quantitative estimate of drug-likeness (QED) is 0.647. The van der Waals surface area contributed by atoms with Crippen molar-refractivity contribution in [2.75, 3.05) is 5.73 Å². The summed E-state index contributed by atoms with van der Waals surface area (Å²) < 4.78 is 0. The van der Waals surface area contributed by atoms with Crippen molar-refractivity contribution in [3.8, 4) is 0 Å². The van der Waals surface area contributed by atoms with Crippen molar-refractivity contribution in [1.82, 2.24) is 10.3 Å². The van der Waals surface area contributed by atoms with Gasteiger partial charge in [-0.3, -0.25) is 19.9 Å². The number of pyridine rings is 1. The van der Waals surface area contributed by atoms with Crippen molar-refractivity contribution in [3.05, 3.63) is 64.0 Å². The molecule has 0 aliphatic carbocycles. The topological polar surface area (TPSA) is 111 Å². The average Bonchev–Trinajstić information content (AvgIpc) is 2.45. The van der Waals surface area contributed by atoms with E-state index >= 15 is 0 Å². The number of hydrogen-bond donors (Lipinski definition) is 2. The SMILES string of the molecule is Nc1cncc(C(=O)NCc2ccccc2)c1[N+](=O)[O-]. The Bertz CT molecular complexity index is 643. The number of nitro groups is 1. The van der Waals surface area contributed by atoms with Gasteiger partial charge in [-0.1, -0.05) is 30.3 Å². The molecule has 1 amide bonds. The second-order valence-electron chi connectivity index (χ2n) is 4.05. The van der Waals surface area contributed by atoms with Crippen molar-refractivity contribution < 1.29 is 9.72 Å². The van der Waals surface area contributed by atoms with Gasteiger partial charge in [-0.15, -0.1) is 0 Å². The van der Waals surface area contributed by atoms with Crippen molar-refractivity contribution in [2.45, 2.75) is 6.54 Å². The van der Waals surface area contributed by atoms with Crippen LogP contribution in [0.15, 0.2) is 42.7 Å². The number of anilines is 1.